The van der Waals surface area contributed by atoms with E-state index in [0.717, 1.165) is 73.4 Å². The number of benzene rings is 1. The third-order valence-electron chi connectivity index (χ3n) is 5.44. The van der Waals surface area contributed by atoms with Crippen molar-refractivity contribution in [3.05, 3.63) is 35.0 Å². The van der Waals surface area contributed by atoms with Crippen LogP contribution in [0.2, 0.25) is 0 Å². The Labute approximate surface area is 160 Å². The van der Waals surface area contributed by atoms with E-state index in [1.807, 2.05) is 12.1 Å². The van der Waals surface area contributed by atoms with Crippen LogP contribution in [0.1, 0.15) is 29.7 Å². The minimum Gasteiger partial charge on any atom is -0.497 e. The van der Waals surface area contributed by atoms with Gasteiger partial charge in [-0.25, -0.2) is 4.98 Å². The summed E-state index contributed by atoms with van der Waals surface area (Å²) in [7, 11) is 3.36. The summed E-state index contributed by atoms with van der Waals surface area (Å²) >= 11 is 0. The van der Waals surface area contributed by atoms with E-state index in [9.17, 15) is 0 Å². The molecule has 0 spiro atoms. The molecular formula is C20H27N5O2. The van der Waals surface area contributed by atoms with Crippen molar-refractivity contribution in [3.8, 4) is 11.5 Å². The molecule has 0 atom stereocenters. The molecule has 2 aliphatic rings. The zero-order valence-electron chi connectivity index (χ0n) is 16.1. The minimum absolute atomic E-state index is 0.642. The van der Waals surface area contributed by atoms with Gasteiger partial charge in [0.05, 0.1) is 19.9 Å². The molecule has 0 saturated carbocycles. The summed E-state index contributed by atoms with van der Waals surface area (Å²) in [4.78, 5) is 14.0. The van der Waals surface area contributed by atoms with Gasteiger partial charge < -0.3 is 20.1 Å². The van der Waals surface area contributed by atoms with Gasteiger partial charge in [-0.05, 0) is 25.3 Å². The normalized spacial score (nSPS) is 17.0. The molecule has 1 saturated heterocycles. The highest BCUT2D eigenvalue weighted by Crippen LogP contribution is 2.29. The van der Waals surface area contributed by atoms with Gasteiger partial charge in [-0.1, -0.05) is 6.07 Å². The van der Waals surface area contributed by atoms with Crippen molar-refractivity contribution in [1.82, 2.24) is 14.9 Å². The van der Waals surface area contributed by atoms with E-state index >= 15 is 0 Å². The predicted octanol–water partition coefficient (Wildman–Crippen LogP) is 2.23. The Morgan fingerprint density at radius 3 is 2.63 bits per heavy atom. The predicted molar refractivity (Wildman–Crippen MR) is 105 cm³/mol. The van der Waals surface area contributed by atoms with Crippen molar-refractivity contribution < 1.29 is 9.47 Å². The summed E-state index contributed by atoms with van der Waals surface area (Å²) in [5.41, 5.74) is 9.56. The van der Waals surface area contributed by atoms with Crippen LogP contribution in [-0.4, -0.2) is 48.7 Å². The smallest absolute Gasteiger partial charge is 0.227 e. The Hall–Kier alpha value is -2.54. The fraction of sp³-hybridized carbons (Fsp3) is 0.500. The number of nitrogens with zero attached hydrogens (tertiary/aromatic N) is 4. The number of aromatic nitrogens is 2. The van der Waals surface area contributed by atoms with Crippen LogP contribution in [0, 0.1) is 0 Å². The maximum Gasteiger partial charge on any atom is 0.227 e. The summed E-state index contributed by atoms with van der Waals surface area (Å²) in [5, 5.41) is 0. The molecule has 0 radical (unpaired) electrons. The van der Waals surface area contributed by atoms with Crippen LogP contribution in [-0.2, 0) is 19.5 Å². The van der Waals surface area contributed by atoms with Gasteiger partial charge in [-0.15, -0.1) is 0 Å². The highest BCUT2D eigenvalue weighted by atomic mass is 16.5. The van der Waals surface area contributed by atoms with E-state index in [1.54, 1.807) is 14.2 Å². The molecule has 0 unspecified atom stereocenters. The van der Waals surface area contributed by atoms with E-state index in [4.69, 9.17) is 20.2 Å². The monoisotopic (exact) mass is 369 g/mol. The molecule has 2 aliphatic heterocycles. The van der Waals surface area contributed by atoms with Crippen molar-refractivity contribution in [2.24, 2.45) is 0 Å². The van der Waals surface area contributed by atoms with Gasteiger partial charge in [0.15, 0.2) is 0 Å². The lowest BCUT2D eigenvalue weighted by atomic mass is 10.0. The quantitative estimate of drug-likeness (QED) is 0.866. The lowest BCUT2D eigenvalue weighted by molar-refractivity contribution is 0.237. The topological polar surface area (TPSA) is 76.7 Å². The number of rotatable bonds is 5. The van der Waals surface area contributed by atoms with Crippen molar-refractivity contribution >= 4 is 11.8 Å². The number of nitrogens with two attached hydrogens (primary N) is 1. The molecule has 27 heavy (non-hydrogen) atoms. The van der Waals surface area contributed by atoms with E-state index < -0.39 is 0 Å². The molecule has 4 rings (SSSR count). The van der Waals surface area contributed by atoms with Gasteiger partial charge in [0.2, 0.25) is 5.95 Å². The van der Waals surface area contributed by atoms with Crippen molar-refractivity contribution in [3.63, 3.8) is 0 Å². The van der Waals surface area contributed by atoms with Crippen LogP contribution in [0.5, 0.6) is 11.5 Å². The molecule has 1 aromatic carbocycles. The summed E-state index contributed by atoms with van der Waals surface area (Å²) < 4.78 is 10.8. The number of hydrogen-bond acceptors (Lipinski definition) is 7. The molecule has 3 heterocycles. The van der Waals surface area contributed by atoms with Crippen LogP contribution in [0.4, 0.5) is 11.8 Å². The van der Waals surface area contributed by atoms with Crippen molar-refractivity contribution in [2.45, 2.75) is 32.4 Å². The summed E-state index contributed by atoms with van der Waals surface area (Å²) in [6.07, 6.45) is 3.27. The molecule has 144 valence electrons. The molecule has 7 heteroatoms. The van der Waals surface area contributed by atoms with Crippen molar-refractivity contribution in [1.29, 1.82) is 0 Å². The lowest BCUT2D eigenvalue weighted by Crippen LogP contribution is -2.33. The Morgan fingerprint density at radius 1 is 1.07 bits per heavy atom. The standard InChI is InChI=1S/C20H27N5O2/c1-26-15-6-5-14(18(11-15)27-2)12-24-10-7-16-17(13-24)22-20(23-19(16)21)25-8-3-4-9-25/h5-6,11H,3-4,7-10,12-13H2,1-2H3,(H2,21,22,23). The Bertz CT molecular complexity index is 820. The first kappa shape index (κ1) is 17.9. The summed E-state index contributed by atoms with van der Waals surface area (Å²) in [5.74, 6) is 3.08. The van der Waals surface area contributed by atoms with Crippen LogP contribution in [0.3, 0.4) is 0 Å². The van der Waals surface area contributed by atoms with E-state index in [2.05, 4.69) is 20.9 Å². The highest BCUT2D eigenvalue weighted by molar-refractivity contribution is 5.49. The zero-order chi connectivity index (χ0) is 18.8. The molecule has 0 bridgehead atoms. The van der Waals surface area contributed by atoms with Crippen LogP contribution in [0.25, 0.3) is 0 Å². The molecule has 0 amide bonds. The fourth-order valence-electron chi connectivity index (χ4n) is 3.92. The molecule has 2 aromatic rings. The summed E-state index contributed by atoms with van der Waals surface area (Å²) in [6, 6.07) is 5.97. The second-order valence-corrected chi connectivity index (χ2v) is 7.17. The van der Waals surface area contributed by atoms with Crippen LogP contribution in [0.15, 0.2) is 18.2 Å². The van der Waals surface area contributed by atoms with E-state index in [1.165, 1.54) is 12.8 Å². The van der Waals surface area contributed by atoms with Crippen LogP contribution >= 0.6 is 0 Å². The van der Waals surface area contributed by atoms with Gasteiger partial charge in [0.25, 0.3) is 0 Å². The Kier molecular flexibility index (Phi) is 5.03. The number of ether oxygens (including phenoxy) is 2. The lowest BCUT2D eigenvalue weighted by Gasteiger charge is -2.30. The number of methoxy groups -OCH3 is 2. The average Bonchev–Trinajstić information content (AvgIpc) is 3.23. The second kappa shape index (κ2) is 7.60. The number of anilines is 2. The Morgan fingerprint density at radius 2 is 1.89 bits per heavy atom. The molecule has 1 aromatic heterocycles. The van der Waals surface area contributed by atoms with E-state index in [-0.39, 0.29) is 0 Å². The third-order valence-corrected chi connectivity index (χ3v) is 5.44. The molecule has 7 nitrogen and oxygen atoms in total. The van der Waals surface area contributed by atoms with Gasteiger partial charge in [0.1, 0.15) is 17.3 Å². The first-order valence-corrected chi connectivity index (χ1v) is 9.51. The SMILES string of the molecule is COc1ccc(CN2CCc3c(N)nc(N4CCCC4)nc3C2)c(OC)c1. The van der Waals surface area contributed by atoms with E-state index in [0.29, 0.717) is 5.82 Å². The second-order valence-electron chi connectivity index (χ2n) is 7.17. The van der Waals surface area contributed by atoms with Gasteiger partial charge >= 0.3 is 0 Å². The maximum atomic E-state index is 6.26. The summed E-state index contributed by atoms with van der Waals surface area (Å²) in [6.45, 7) is 4.54. The fourth-order valence-corrected chi connectivity index (χ4v) is 3.92. The van der Waals surface area contributed by atoms with Crippen molar-refractivity contribution in [2.75, 3.05) is 44.5 Å². The van der Waals surface area contributed by atoms with Gasteiger partial charge in [0, 0.05) is 49.9 Å². The van der Waals surface area contributed by atoms with Gasteiger partial charge in [-0.3, -0.25) is 4.90 Å². The Balaban J connectivity index is 1.54. The average molecular weight is 369 g/mol. The number of nitrogen functional groups attached to an aromatic ring is 1. The van der Waals surface area contributed by atoms with Gasteiger partial charge in [-0.2, -0.15) is 4.98 Å². The zero-order valence-corrected chi connectivity index (χ0v) is 16.1. The highest BCUT2D eigenvalue weighted by Gasteiger charge is 2.24. The molecule has 1 fully saturated rings. The maximum absolute atomic E-state index is 6.26. The first-order chi connectivity index (χ1) is 13.2. The van der Waals surface area contributed by atoms with Crippen LogP contribution < -0.4 is 20.1 Å². The third kappa shape index (κ3) is 3.64. The first-order valence-electron chi connectivity index (χ1n) is 9.51. The minimum atomic E-state index is 0.642. The molecule has 2 N–H and O–H groups in total. The number of fused-ring (bicyclic) bond motifs is 1. The largest absolute Gasteiger partial charge is 0.497 e. The molecule has 0 aliphatic carbocycles. The number of hydrogen-bond donors (Lipinski definition) is 1. The molecular weight excluding hydrogens is 342 g/mol.